The average molecular weight is 276 g/mol. The molecule has 4 rings (SSSR count). The lowest BCUT2D eigenvalue weighted by Gasteiger charge is -1.98. The largest absolute Gasteiger partial charge is 0.290 e. The van der Waals surface area contributed by atoms with Gasteiger partial charge in [-0.05, 0) is 19.1 Å². The Kier molecular flexibility index (Phi) is 2.41. The van der Waals surface area contributed by atoms with Crippen LogP contribution in [0.4, 0.5) is 0 Å². The van der Waals surface area contributed by atoms with Gasteiger partial charge in [0.1, 0.15) is 0 Å². The van der Waals surface area contributed by atoms with E-state index in [1.807, 2.05) is 49.4 Å². The standard InChI is InChI=1S/C16H12N4O/c1-10-6-8-11(9-7-10)14-17-16-18-15(21)12-4-2-3-5-13(12)20(16)19-14/h2-9H,1H3,(H,17,18,19,21). The lowest BCUT2D eigenvalue weighted by molar-refractivity contribution is 0.980. The minimum absolute atomic E-state index is 0.152. The molecule has 0 radical (unpaired) electrons. The van der Waals surface area contributed by atoms with Gasteiger partial charge in [-0.2, -0.15) is 9.50 Å². The Morgan fingerprint density at radius 1 is 1.05 bits per heavy atom. The molecule has 2 aromatic carbocycles. The molecule has 0 bridgehead atoms. The Labute approximate surface area is 119 Å². The van der Waals surface area contributed by atoms with Gasteiger partial charge in [0.25, 0.3) is 5.56 Å². The van der Waals surface area contributed by atoms with Crippen molar-refractivity contribution in [3.63, 3.8) is 0 Å². The number of aryl methyl sites for hydroxylation is 1. The number of hydrogen-bond donors (Lipinski definition) is 1. The van der Waals surface area contributed by atoms with Crippen molar-refractivity contribution < 1.29 is 0 Å². The highest BCUT2D eigenvalue weighted by Gasteiger charge is 2.10. The van der Waals surface area contributed by atoms with Crippen LogP contribution in [0.15, 0.2) is 53.3 Å². The summed E-state index contributed by atoms with van der Waals surface area (Å²) in [6.45, 7) is 2.03. The molecule has 4 aromatic rings. The van der Waals surface area contributed by atoms with E-state index in [1.54, 1.807) is 10.6 Å². The fraction of sp³-hybridized carbons (Fsp3) is 0.0625. The first-order valence-corrected chi connectivity index (χ1v) is 6.67. The van der Waals surface area contributed by atoms with E-state index in [-0.39, 0.29) is 5.56 Å². The van der Waals surface area contributed by atoms with Crippen molar-refractivity contribution in [1.29, 1.82) is 0 Å². The van der Waals surface area contributed by atoms with Crippen molar-refractivity contribution in [2.45, 2.75) is 6.92 Å². The smallest absolute Gasteiger partial charge is 0.260 e. The molecule has 0 saturated heterocycles. The van der Waals surface area contributed by atoms with Crippen molar-refractivity contribution in [2.24, 2.45) is 0 Å². The van der Waals surface area contributed by atoms with Gasteiger partial charge in [0.2, 0.25) is 5.78 Å². The number of para-hydroxylation sites is 1. The van der Waals surface area contributed by atoms with Crippen molar-refractivity contribution in [2.75, 3.05) is 0 Å². The number of aromatic amines is 1. The van der Waals surface area contributed by atoms with Crippen LogP contribution in [0, 0.1) is 6.92 Å². The Bertz CT molecular complexity index is 1010. The van der Waals surface area contributed by atoms with Gasteiger partial charge in [-0.15, -0.1) is 5.10 Å². The third-order valence-electron chi connectivity index (χ3n) is 3.52. The number of nitrogens with one attached hydrogen (secondary N) is 1. The van der Waals surface area contributed by atoms with Gasteiger partial charge in [-0.25, -0.2) is 0 Å². The van der Waals surface area contributed by atoms with Crippen LogP contribution in [0.25, 0.3) is 28.1 Å². The van der Waals surface area contributed by atoms with E-state index < -0.39 is 0 Å². The van der Waals surface area contributed by atoms with Crippen LogP contribution < -0.4 is 5.56 Å². The average Bonchev–Trinajstić information content (AvgIpc) is 2.92. The molecule has 0 aliphatic carbocycles. The van der Waals surface area contributed by atoms with E-state index in [0.29, 0.717) is 17.0 Å². The van der Waals surface area contributed by atoms with Crippen molar-refractivity contribution in [1.82, 2.24) is 19.6 Å². The third-order valence-corrected chi connectivity index (χ3v) is 3.52. The highest BCUT2D eigenvalue weighted by Crippen LogP contribution is 2.18. The van der Waals surface area contributed by atoms with E-state index in [0.717, 1.165) is 11.1 Å². The maximum Gasteiger partial charge on any atom is 0.260 e. The molecule has 5 nitrogen and oxygen atoms in total. The van der Waals surface area contributed by atoms with Gasteiger partial charge in [0.15, 0.2) is 5.82 Å². The normalized spacial score (nSPS) is 11.3. The zero-order valence-corrected chi connectivity index (χ0v) is 11.4. The van der Waals surface area contributed by atoms with Crippen LogP contribution in [0.1, 0.15) is 5.56 Å². The quantitative estimate of drug-likeness (QED) is 0.581. The summed E-state index contributed by atoms with van der Waals surface area (Å²) >= 11 is 0. The maximum absolute atomic E-state index is 12.0. The summed E-state index contributed by atoms with van der Waals surface area (Å²) in [7, 11) is 0. The number of hydrogen-bond acceptors (Lipinski definition) is 3. The molecule has 0 atom stereocenters. The maximum atomic E-state index is 12.0. The zero-order valence-electron chi connectivity index (χ0n) is 11.4. The first-order valence-electron chi connectivity index (χ1n) is 6.67. The Hall–Kier alpha value is -2.95. The summed E-state index contributed by atoms with van der Waals surface area (Å²) in [5.74, 6) is 1.05. The fourth-order valence-corrected chi connectivity index (χ4v) is 2.41. The molecule has 0 aliphatic rings. The van der Waals surface area contributed by atoms with Crippen LogP contribution in [0.5, 0.6) is 0 Å². The number of aromatic nitrogens is 4. The van der Waals surface area contributed by atoms with E-state index in [9.17, 15) is 4.79 Å². The van der Waals surface area contributed by atoms with Gasteiger partial charge in [0, 0.05) is 5.56 Å². The van der Waals surface area contributed by atoms with E-state index in [2.05, 4.69) is 15.1 Å². The second-order valence-electron chi connectivity index (χ2n) is 5.01. The number of H-pyrrole nitrogens is 1. The molecule has 0 spiro atoms. The second-order valence-corrected chi connectivity index (χ2v) is 5.01. The molecule has 0 unspecified atom stereocenters. The number of fused-ring (bicyclic) bond motifs is 3. The van der Waals surface area contributed by atoms with Gasteiger partial charge < -0.3 is 0 Å². The van der Waals surface area contributed by atoms with Crippen LogP contribution in [0.3, 0.4) is 0 Å². The molecule has 1 N–H and O–H groups in total. The number of nitrogens with zero attached hydrogens (tertiary/aromatic N) is 3. The summed E-state index contributed by atoms with van der Waals surface area (Å²) in [6, 6.07) is 15.3. The molecule has 0 fully saturated rings. The lowest BCUT2D eigenvalue weighted by Crippen LogP contribution is -2.10. The molecule has 0 saturated carbocycles. The first-order chi connectivity index (χ1) is 10.2. The third kappa shape index (κ3) is 1.82. The molecule has 2 aromatic heterocycles. The highest BCUT2D eigenvalue weighted by molar-refractivity contribution is 5.79. The zero-order chi connectivity index (χ0) is 14.4. The molecule has 0 aliphatic heterocycles. The molecule has 2 heterocycles. The molecule has 5 heteroatoms. The molecular formula is C16H12N4O. The van der Waals surface area contributed by atoms with E-state index >= 15 is 0 Å². The van der Waals surface area contributed by atoms with Crippen molar-refractivity contribution in [3.05, 3.63) is 64.4 Å². The van der Waals surface area contributed by atoms with Gasteiger partial charge in [-0.3, -0.25) is 9.78 Å². The van der Waals surface area contributed by atoms with Crippen molar-refractivity contribution in [3.8, 4) is 11.4 Å². The fourth-order valence-electron chi connectivity index (χ4n) is 2.41. The summed E-state index contributed by atoms with van der Waals surface area (Å²) in [4.78, 5) is 19.2. The van der Waals surface area contributed by atoms with Gasteiger partial charge >= 0.3 is 0 Å². The molecule has 21 heavy (non-hydrogen) atoms. The summed E-state index contributed by atoms with van der Waals surface area (Å²) in [6.07, 6.45) is 0. The van der Waals surface area contributed by atoms with Crippen LogP contribution in [0.2, 0.25) is 0 Å². The van der Waals surface area contributed by atoms with Crippen LogP contribution in [-0.4, -0.2) is 19.6 Å². The summed E-state index contributed by atoms with van der Waals surface area (Å²) in [5.41, 5.74) is 2.71. The second kappa shape index (κ2) is 4.28. The van der Waals surface area contributed by atoms with Gasteiger partial charge in [-0.1, -0.05) is 42.0 Å². The Morgan fingerprint density at radius 2 is 1.81 bits per heavy atom. The van der Waals surface area contributed by atoms with Gasteiger partial charge in [0.05, 0.1) is 10.9 Å². The highest BCUT2D eigenvalue weighted by atomic mass is 16.1. The predicted octanol–water partition coefficient (Wildman–Crippen LogP) is 2.55. The SMILES string of the molecule is Cc1ccc(-c2nc3[nH]c(=O)c4ccccc4n3n2)cc1. The minimum atomic E-state index is -0.152. The molecule has 102 valence electrons. The summed E-state index contributed by atoms with van der Waals surface area (Å²) < 4.78 is 1.67. The summed E-state index contributed by atoms with van der Waals surface area (Å²) in [5, 5.41) is 5.12. The number of benzene rings is 2. The van der Waals surface area contributed by atoms with Crippen LogP contribution >= 0.6 is 0 Å². The van der Waals surface area contributed by atoms with Crippen molar-refractivity contribution >= 4 is 16.7 Å². The van der Waals surface area contributed by atoms with E-state index in [1.165, 1.54) is 5.56 Å². The minimum Gasteiger partial charge on any atom is -0.290 e. The molecular weight excluding hydrogens is 264 g/mol. The Balaban J connectivity index is 2.04. The monoisotopic (exact) mass is 276 g/mol. The van der Waals surface area contributed by atoms with Crippen LogP contribution in [-0.2, 0) is 0 Å². The lowest BCUT2D eigenvalue weighted by atomic mass is 10.1. The topological polar surface area (TPSA) is 63.0 Å². The van der Waals surface area contributed by atoms with E-state index in [4.69, 9.17) is 0 Å². The predicted molar refractivity (Wildman–Crippen MR) is 81.3 cm³/mol. The molecule has 0 amide bonds. The first kappa shape index (κ1) is 11.8. The number of rotatable bonds is 1. The Morgan fingerprint density at radius 3 is 2.62 bits per heavy atom.